The van der Waals surface area contributed by atoms with Gasteiger partial charge in [-0.05, 0) is 24.0 Å². The van der Waals surface area contributed by atoms with Gasteiger partial charge in [-0.1, -0.05) is 20.8 Å². The molecule has 0 unspecified atom stereocenters. The Labute approximate surface area is 71.1 Å². The fourth-order valence-corrected chi connectivity index (χ4v) is 2.14. The molecule has 0 nitrogen and oxygen atoms in total. The summed E-state index contributed by atoms with van der Waals surface area (Å²) >= 11 is 1.25. The van der Waals surface area contributed by atoms with Crippen LogP contribution in [0.5, 0.6) is 0 Å². The maximum atomic E-state index is 12.7. The number of thiophene rings is 1. The van der Waals surface area contributed by atoms with Crippen molar-refractivity contribution in [3.8, 4) is 0 Å². The molecule has 62 valence electrons. The summed E-state index contributed by atoms with van der Waals surface area (Å²) in [6, 6.07) is 1.60. The standard InChI is InChI=1S/C9H13FS/c1-6-5-7(10)11-8(6)9(2,3)4/h5H,1-4H3. The van der Waals surface area contributed by atoms with Gasteiger partial charge >= 0.3 is 0 Å². The van der Waals surface area contributed by atoms with E-state index < -0.39 is 0 Å². The summed E-state index contributed by atoms with van der Waals surface area (Å²) in [5.74, 6) is 0. The third-order valence-corrected chi connectivity index (χ3v) is 3.02. The normalized spacial score (nSPS) is 12.1. The van der Waals surface area contributed by atoms with Gasteiger partial charge in [0.25, 0.3) is 0 Å². The Morgan fingerprint density at radius 3 is 2.09 bits per heavy atom. The number of hydrogen-bond donors (Lipinski definition) is 0. The lowest BCUT2D eigenvalue weighted by Gasteiger charge is -2.16. The molecule has 0 aromatic carbocycles. The van der Waals surface area contributed by atoms with Gasteiger partial charge in [-0.3, -0.25) is 0 Å². The highest BCUT2D eigenvalue weighted by Crippen LogP contribution is 2.32. The summed E-state index contributed by atoms with van der Waals surface area (Å²) in [6.45, 7) is 8.27. The first kappa shape index (κ1) is 8.72. The van der Waals surface area contributed by atoms with E-state index in [0.29, 0.717) is 0 Å². The smallest absolute Gasteiger partial charge is 0.176 e. The van der Waals surface area contributed by atoms with Crippen LogP contribution in [0.1, 0.15) is 31.2 Å². The third kappa shape index (κ3) is 1.80. The second-order valence-electron chi connectivity index (χ2n) is 3.81. The highest BCUT2D eigenvalue weighted by molar-refractivity contribution is 7.10. The second-order valence-corrected chi connectivity index (χ2v) is 4.82. The Bertz CT molecular complexity index is 255. The molecule has 0 aliphatic carbocycles. The van der Waals surface area contributed by atoms with E-state index in [2.05, 4.69) is 20.8 Å². The van der Waals surface area contributed by atoms with Crippen molar-refractivity contribution in [1.29, 1.82) is 0 Å². The molecule has 0 saturated heterocycles. The van der Waals surface area contributed by atoms with Crippen LogP contribution in [-0.2, 0) is 5.41 Å². The summed E-state index contributed by atoms with van der Waals surface area (Å²) in [5, 5.41) is -0.0765. The van der Waals surface area contributed by atoms with Crippen molar-refractivity contribution in [3.05, 3.63) is 21.6 Å². The molecule has 0 saturated carbocycles. The minimum absolute atomic E-state index is 0.0765. The van der Waals surface area contributed by atoms with Crippen LogP contribution in [0, 0.1) is 12.1 Å². The van der Waals surface area contributed by atoms with Crippen LogP contribution < -0.4 is 0 Å². The Morgan fingerprint density at radius 2 is 1.91 bits per heavy atom. The van der Waals surface area contributed by atoms with Gasteiger partial charge in [0.15, 0.2) is 5.13 Å². The van der Waals surface area contributed by atoms with E-state index in [0.717, 1.165) is 10.4 Å². The highest BCUT2D eigenvalue weighted by atomic mass is 32.1. The summed E-state index contributed by atoms with van der Waals surface area (Å²) in [6.07, 6.45) is 0. The molecule has 0 aliphatic rings. The fraction of sp³-hybridized carbons (Fsp3) is 0.556. The summed E-state index contributed by atoms with van der Waals surface area (Å²) in [5.41, 5.74) is 1.15. The average molecular weight is 172 g/mol. The number of rotatable bonds is 0. The number of hydrogen-bond acceptors (Lipinski definition) is 1. The third-order valence-electron chi connectivity index (χ3n) is 1.57. The van der Waals surface area contributed by atoms with Crippen LogP contribution in [0.15, 0.2) is 6.07 Å². The molecule has 0 spiro atoms. The maximum absolute atomic E-state index is 12.7. The van der Waals surface area contributed by atoms with Crippen molar-refractivity contribution < 1.29 is 4.39 Å². The molecule has 0 aliphatic heterocycles. The minimum atomic E-state index is -0.0765. The van der Waals surface area contributed by atoms with Crippen LogP contribution in [0.25, 0.3) is 0 Å². The molecule has 0 bridgehead atoms. The van der Waals surface area contributed by atoms with Gasteiger partial charge in [0, 0.05) is 4.88 Å². The SMILES string of the molecule is Cc1cc(F)sc1C(C)(C)C. The lowest BCUT2D eigenvalue weighted by molar-refractivity contribution is 0.600. The van der Waals surface area contributed by atoms with Gasteiger partial charge in [0.2, 0.25) is 0 Å². The summed E-state index contributed by atoms with van der Waals surface area (Å²) in [7, 11) is 0. The van der Waals surface area contributed by atoms with E-state index >= 15 is 0 Å². The Hall–Kier alpha value is -0.370. The van der Waals surface area contributed by atoms with Crippen molar-refractivity contribution in [2.24, 2.45) is 0 Å². The molecule has 1 heterocycles. The predicted molar refractivity (Wildman–Crippen MR) is 47.7 cm³/mol. The molecule has 1 aromatic heterocycles. The van der Waals surface area contributed by atoms with Crippen molar-refractivity contribution in [2.45, 2.75) is 33.1 Å². The van der Waals surface area contributed by atoms with E-state index in [1.807, 2.05) is 6.92 Å². The largest absolute Gasteiger partial charge is 0.195 e. The van der Waals surface area contributed by atoms with Crippen molar-refractivity contribution >= 4 is 11.3 Å². The van der Waals surface area contributed by atoms with E-state index in [4.69, 9.17) is 0 Å². The number of halogens is 1. The average Bonchev–Trinajstić information content (AvgIpc) is 2.08. The molecule has 0 radical (unpaired) electrons. The molecule has 0 atom stereocenters. The van der Waals surface area contributed by atoms with Crippen molar-refractivity contribution in [1.82, 2.24) is 0 Å². The minimum Gasteiger partial charge on any atom is -0.195 e. The molecule has 1 aromatic rings. The molecular weight excluding hydrogens is 159 g/mol. The molecule has 0 N–H and O–H groups in total. The maximum Gasteiger partial charge on any atom is 0.176 e. The van der Waals surface area contributed by atoms with E-state index in [-0.39, 0.29) is 10.5 Å². The Kier molecular flexibility index (Phi) is 2.06. The number of aryl methyl sites for hydroxylation is 1. The monoisotopic (exact) mass is 172 g/mol. The van der Waals surface area contributed by atoms with E-state index in [9.17, 15) is 4.39 Å². The molecule has 0 fully saturated rings. The van der Waals surface area contributed by atoms with E-state index in [1.165, 1.54) is 11.3 Å². The quantitative estimate of drug-likeness (QED) is 0.562. The Balaban J connectivity index is 3.13. The summed E-state index contributed by atoms with van der Waals surface area (Å²) < 4.78 is 12.7. The zero-order valence-electron chi connectivity index (χ0n) is 7.36. The molecule has 2 heteroatoms. The van der Waals surface area contributed by atoms with Crippen LogP contribution >= 0.6 is 11.3 Å². The fourth-order valence-electron chi connectivity index (χ4n) is 1.19. The Morgan fingerprint density at radius 1 is 1.36 bits per heavy atom. The van der Waals surface area contributed by atoms with Gasteiger partial charge in [0.1, 0.15) is 0 Å². The van der Waals surface area contributed by atoms with Gasteiger partial charge in [-0.2, -0.15) is 4.39 Å². The zero-order valence-corrected chi connectivity index (χ0v) is 8.18. The van der Waals surface area contributed by atoms with Gasteiger partial charge < -0.3 is 0 Å². The van der Waals surface area contributed by atoms with Gasteiger partial charge in [0.05, 0.1) is 0 Å². The van der Waals surface area contributed by atoms with Crippen molar-refractivity contribution in [3.63, 3.8) is 0 Å². The topological polar surface area (TPSA) is 0 Å². The lowest BCUT2D eigenvalue weighted by atomic mass is 9.92. The van der Waals surface area contributed by atoms with Crippen LogP contribution in [0.2, 0.25) is 0 Å². The molecular formula is C9H13FS. The van der Waals surface area contributed by atoms with E-state index in [1.54, 1.807) is 6.07 Å². The van der Waals surface area contributed by atoms with Crippen LogP contribution in [0.4, 0.5) is 4.39 Å². The van der Waals surface area contributed by atoms with Gasteiger partial charge in [-0.25, -0.2) is 0 Å². The van der Waals surface area contributed by atoms with Gasteiger partial charge in [-0.15, -0.1) is 11.3 Å². The first-order chi connectivity index (χ1) is 4.91. The summed E-state index contributed by atoms with van der Waals surface area (Å²) in [4.78, 5) is 1.15. The predicted octanol–water partition coefficient (Wildman–Crippen LogP) is 3.49. The molecule has 1 rings (SSSR count). The van der Waals surface area contributed by atoms with Crippen LogP contribution in [-0.4, -0.2) is 0 Å². The lowest BCUT2D eigenvalue weighted by Crippen LogP contribution is -2.09. The highest BCUT2D eigenvalue weighted by Gasteiger charge is 2.19. The molecule has 11 heavy (non-hydrogen) atoms. The first-order valence-electron chi connectivity index (χ1n) is 3.67. The first-order valence-corrected chi connectivity index (χ1v) is 4.49. The molecule has 0 amide bonds. The second kappa shape index (κ2) is 2.59. The van der Waals surface area contributed by atoms with Crippen LogP contribution in [0.3, 0.4) is 0 Å². The van der Waals surface area contributed by atoms with Crippen molar-refractivity contribution in [2.75, 3.05) is 0 Å². The zero-order chi connectivity index (χ0) is 8.65.